The van der Waals surface area contributed by atoms with Crippen molar-refractivity contribution in [2.24, 2.45) is 0 Å². The van der Waals surface area contributed by atoms with Gasteiger partial charge >= 0.3 is 12.1 Å². The summed E-state index contributed by atoms with van der Waals surface area (Å²) in [6, 6.07) is 12.1. The molecular weight excluding hydrogens is 357 g/mol. The molecule has 3 aromatic rings. The van der Waals surface area contributed by atoms with Gasteiger partial charge in [-0.2, -0.15) is 13.2 Å². The molecular formula is C20H19F3N2O2. The lowest BCUT2D eigenvalue weighted by Gasteiger charge is -2.15. The third kappa shape index (κ3) is 3.68. The average molecular weight is 376 g/mol. The van der Waals surface area contributed by atoms with Gasteiger partial charge in [-0.25, -0.2) is 4.79 Å². The SMILES string of the molecule is CN(C)CCn1c(C(=O)O)c2ccc(C(F)(F)F)cc2c1-c1ccccc1. The monoisotopic (exact) mass is 376 g/mol. The Bertz CT molecular complexity index is 976. The van der Waals surface area contributed by atoms with Crippen molar-refractivity contribution < 1.29 is 23.1 Å². The Morgan fingerprint density at radius 2 is 1.74 bits per heavy atom. The van der Waals surface area contributed by atoms with Crippen LogP contribution in [0.4, 0.5) is 13.2 Å². The van der Waals surface area contributed by atoms with Gasteiger partial charge in [-0.05, 0) is 31.8 Å². The van der Waals surface area contributed by atoms with Gasteiger partial charge in [0.1, 0.15) is 5.69 Å². The lowest BCUT2D eigenvalue weighted by molar-refractivity contribution is -0.137. The van der Waals surface area contributed by atoms with Gasteiger partial charge in [-0.15, -0.1) is 0 Å². The number of aromatic carboxylic acids is 1. The molecule has 3 rings (SSSR count). The summed E-state index contributed by atoms with van der Waals surface area (Å²) in [4.78, 5) is 13.8. The Morgan fingerprint density at radius 3 is 2.30 bits per heavy atom. The minimum Gasteiger partial charge on any atom is -0.477 e. The number of fused-ring (bicyclic) bond motifs is 1. The van der Waals surface area contributed by atoms with Crippen molar-refractivity contribution >= 4 is 16.7 Å². The maximum absolute atomic E-state index is 13.2. The highest BCUT2D eigenvalue weighted by molar-refractivity contribution is 6.09. The highest BCUT2D eigenvalue weighted by Crippen LogP contribution is 2.38. The van der Waals surface area contributed by atoms with Crippen LogP contribution >= 0.6 is 0 Å². The molecule has 0 unspecified atom stereocenters. The molecule has 0 saturated heterocycles. The summed E-state index contributed by atoms with van der Waals surface area (Å²) in [5.74, 6) is -1.17. The van der Waals surface area contributed by atoms with Gasteiger partial charge in [0, 0.05) is 23.9 Å². The van der Waals surface area contributed by atoms with Crippen LogP contribution in [0.2, 0.25) is 0 Å². The lowest BCUT2D eigenvalue weighted by atomic mass is 10.0. The molecule has 0 fully saturated rings. The number of carboxylic acids is 1. The predicted molar refractivity (Wildman–Crippen MR) is 97.9 cm³/mol. The van der Waals surface area contributed by atoms with E-state index in [1.807, 2.05) is 19.0 Å². The van der Waals surface area contributed by atoms with Crippen LogP contribution in [0, 0.1) is 0 Å². The molecule has 0 radical (unpaired) electrons. The molecule has 4 nitrogen and oxygen atoms in total. The zero-order chi connectivity index (χ0) is 19.8. The first-order valence-electron chi connectivity index (χ1n) is 8.37. The highest BCUT2D eigenvalue weighted by atomic mass is 19.4. The minimum atomic E-state index is -4.50. The van der Waals surface area contributed by atoms with Crippen LogP contribution in [0.5, 0.6) is 0 Å². The molecule has 1 heterocycles. The molecule has 0 spiro atoms. The number of hydrogen-bond acceptors (Lipinski definition) is 2. The second-order valence-corrected chi connectivity index (χ2v) is 6.58. The van der Waals surface area contributed by atoms with E-state index in [4.69, 9.17) is 0 Å². The van der Waals surface area contributed by atoms with Crippen LogP contribution in [0.25, 0.3) is 22.0 Å². The number of rotatable bonds is 5. The van der Waals surface area contributed by atoms with Gasteiger partial charge in [0.15, 0.2) is 0 Å². The number of alkyl halides is 3. The fourth-order valence-electron chi connectivity index (χ4n) is 3.19. The van der Waals surface area contributed by atoms with E-state index in [1.54, 1.807) is 34.9 Å². The normalized spacial score (nSPS) is 12.1. The third-order valence-electron chi connectivity index (χ3n) is 4.42. The van der Waals surface area contributed by atoms with Crippen molar-refractivity contribution in [1.29, 1.82) is 0 Å². The topological polar surface area (TPSA) is 45.5 Å². The first kappa shape index (κ1) is 19.0. The molecule has 0 saturated carbocycles. The van der Waals surface area contributed by atoms with Crippen molar-refractivity contribution in [1.82, 2.24) is 9.47 Å². The van der Waals surface area contributed by atoms with Crippen molar-refractivity contribution in [3.05, 3.63) is 59.8 Å². The van der Waals surface area contributed by atoms with E-state index < -0.39 is 17.7 Å². The van der Waals surface area contributed by atoms with Gasteiger partial charge in [-0.3, -0.25) is 0 Å². The van der Waals surface area contributed by atoms with Crippen LogP contribution in [0.1, 0.15) is 16.1 Å². The standard InChI is InChI=1S/C20H19F3N2O2/c1-24(2)10-11-25-17(13-6-4-3-5-7-13)16-12-14(20(21,22)23)8-9-15(16)18(25)19(26)27/h3-9,12H,10-11H2,1-2H3,(H,26,27). The fraction of sp³-hybridized carbons (Fsp3) is 0.250. The number of benzene rings is 2. The molecule has 27 heavy (non-hydrogen) atoms. The van der Waals surface area contributed by atoms with Gasteiger partial charge in [0.25, 0.3) is 0 Å². The third-order valence-corrected chi connectivity index (χ3v) is 4.42. The molecule has 0 atom stereocenters. The Hall–Kier alpha value is -2.80. The van der Waals surface area contributed by atoms with Gasteiger partial charge in [0.05, 0.1) is 11.3 Å². The summed E-state index contributed by atoms with van der Waals surface area (Å²) >= 11 is 0. The first-order chi connectivity index (χ1) is 12.7. The zero-order valence-electron chi connectivity index (χ0n) is 14.9. The maximum Gasteiger partial charge on any atom is 0.416 e. The predicted octanol–water partition coefficient (Wildman–Crippen LogP) is 4.59. The van der Waals surface area contributed by atoms with Crippen LogP contribution < -0.4 is 0 Å². The van der Waals surface area contributed by atoms with Crippen LogP contribution in [0.3, 0.4) is 0 Å². The quantitative estimate of drug-likeness (QED) is 0.709. The maximum atomic E-state index is 13.2. The Balaban J connectivity index is 2.37. The largest absolute Gasteiger partial charge is 0.477 e. The molecule has 0 bridgehead atoms. The highest BCUT2D eigenvalue weighted by Gasteiger charge is 2.32. The smallest absolute Gasteiger partial charge is 0.416 e. The summed E-state index contributed by atoms with van der Waals surface area (Å²) < 4.78 is 41.3. The number of halogens is 3. The molecule has 1 N–H and O–H groups in total. The van der Waals surface area contributed by atoms with E-state index in [1.165, 1.54) is 6.07 Å². The first-order valence-corrected chi connectivity index (χ1v) is 8.37. The van der Waals surface area contributed by atoms with Gasteiger partial charge < -0.3 is 14.6 Å². The van der Waals surface area contributed by atoms with E-state index in [-0.39, 0.29) is 11.1 Å². The summed E-state index contributed by atoms with van der Waals surface area (Å²) in [5, 5.41) is 10.3. The number of hydrogen-bond donors (Lipinski definition) is 1. The van der Waals surface area contributed by atoms with Crippen molar-refractivity contribution in [3.8, 4) is 11.3 Å². The van der Waals surface area contributed by atoms with Gasteiger partial charge in [0.2, 0.25) is 0 Å². The van der Waals surface area contributed by atoms with Crippen LogP contribution in [-0.2, 0) is 12.7 Å². The average Bonchev–Trinajstić information content (AvgIpc) is 2.93. The molecule has 142 valence electrons. The molecule has 2 aromatic carbocycles. The van der Waals surface area contributed by atoms with E-state index >= 15 is 0 Å². The van der Waals surface area contributed by atoms with Crippen LogP contribution in [-0.4, -0.2) is 41.2 Å². The summed E-state index contributed by atoms with van der Waals surface area (Å²) in [6.07, 6.45) is -4.50. The second-order valence-electron chi connectivity index (χ2n) is 6.58. The molecule has 7 heteroatoms. The fourth-order valence-corrected chi connectivity index (χ4v) is 3.19. The zero-order valence-corrected chi connectivity index (χ0v) is 14.9. The minimum absolute atomic E-state index is 0.000530. The number of carbonyl (C=O) groups is 1. The van der Waals surface area contributed by atoms with E-state index in [2.05, 4.69) is 0 Å². The van der Waals surface area contributed by atoms with Gasteiger partial charge in [-0.1, -0.05) is 36.4 Å². The number of likely N-dealkylation sites (N-methyl/N-ethyl adjacent to an activating group) is 1. The second kappa shape index (κ2) is 7.08. The lowest BCUT2D eigenvalue weighted by Crippen LogP contribution is -2.21. The molecule has 1 aromatic heterocycles. The Labute approximate surface area is 154 Å². The molecule has 0 aliphatic carbocycles. The molecule has 0 amide bonds. The van der Waals surface area contributed by atoms with Crippen LogP contribution in [0.15, 0.2) is 48.5 Å². The number of carboxylic acid groups (broad SMARTS) is 1. The number of nitrogens with zero attached hydrogens (tertiary/aromatic N) is 2. The van der Waals surface area contributed by atoms with E-state index in [0.29, 0.717) is 29.7 Å². The Morgan fingerprint density at radius 1 is 1.07 bits per heavy atom. The molecule has 0 aliphatic rings. The van der Waals surface area contributed by atoms with Crippen molar-refractivity contribution in [2.75, 3.05) is 20.6 Å². The van der Waals surface area contributed by atoms with Crippen molar-refractivity contribution in [2.45, 2.75) is 12.7 Å². The summed E-state index contributed by atoms with van der Waals surface area (Å²) in [7, 11) is 3.71. The van der Waals surface area contributed by atoms with E-state index in [0.717, 1.165) is 12.1 Å². The summed E-state index contributed by atoms with van der Waals surface area (Å²) in [5.41, 5.74) is 0.359. The summed E-state index contributed by atoms with van der Waals surface area (Å²) in [6.45, 7) is 0.891. The van der Waals surface area contributed by atoms with Crippen molar-refractivity contribution in [3.63, 3.8) is 0 Å². The molecule has 0 aliphatic heterocycles. The number of aromatic nitrogens is 1. The Kier molecular flexibility index (Phi) is 4.97. The van der Waals surface area contributed by atoms with E-state index in [9.17, 15) is 23.1 Å².